The summed E-state index contributed by atoms with van der Waals surface area (Å²) in [5.74, 6) is 0. The minimum absolute atomic E-state index is 0.175. The van der Waals surface area contributed by atoms with Crippen LogP contribution in [0.2, 0.25) is 0 Å². The molecule has 0 aromatic heterocycles. The highest BCUT2D eigenvalue weighted by atomic mass is 15.3. The minimum atomic E-state index is 0.175. The van der Waals surface area contributed by atoms with Gasteiger partial charge in [-0.15, -0.1) is 0 Å². The Labute approximate surface area is 127 Å². The summed E-state index contributed by atoms with van der Waals surface area (Å²) < 4.78 is 0. The van der Waals surface area contributed by atoms with Crippen LogP contribution in [0, 0.1) is 0 Å². The number of fused-ring (bicyclic) bond motifs is 3. The molecule has 4 rings (SSSR count). The third kappa shape index (κ3) is 2.10. The van der Waals surface area contributed by atoms with Crippen molar-refractivity contribution in [3.05, 3.63) is 71.3 Å². The Bertz CT molecular complexity index is 637. The number of benzene rings is 2. The van der Waals surface area contributed by atoms with Crippen molar-refractivity contribution >= 4 is 0 Å². The summed E-state index contributed by atoms with van der Waals surface area (Å²) in [4.78, 5) is 5.18. The van der Waals surface area contributed by atoms with Gasteiger partial charge in [0.15, 0.2) is 0 Å². The van der Waals surface area contributed by atoms with Gasteiger partial charge in [0.25, 0.3) is 0 Å². The molecule has 0 amide bonds. The molecule has 2 atom stereocenters. The number of hydrogen-bond donors (Lipinski definition) is 0. The monoisotopic (exact) mass is 278 g/mol. The predicted molar refractivity (Wildman–Crippen MR) is 85.9 cm³/mol. The van der Waals surface area contributed by atoms with Crippen molar-refractivity contribution in [1.82, 2.24) is 9.80 Å². The molecule has 108 valence electrons. The van der Waals surface area contributed by atoms with E-state index >= 15 is 0 Å². The average molecular weight is 278 g/mol. The third-order valence-electron chi connectivity index (χ3n) is 5.29. The van der Waals surface area contributed by atoms with Gasteiger partial charge in [0.2, 0.25) is 0 Å². The van der Waals surface area contributed by atoms with Gasteiger partial charge in [-0.2, -0.15) is 0 Å². The average Bonchev–Trinajstić information content (AvgIpc) is 2.96. The van der Waals surface area contributed by atoms with Crippen LogP contribution >= 0.6 is 0 Å². The Morgan fingerprint density at radius 2 is 1.52 bits per heavy atom. The van der Waals surface area contributed by atoms with Crippen LogP contribution in [0.5, 0.6) is 0 Å². The van der Waals surface area contributed by atoms with Gasteiger partial charge in [-0.05, 0) is 30.2 Å². The van der Waals surface area contributed by atoms with E-state index in [9.17, 15) is 0 Å². The fourth-order valence-electron chi connectivity index (χ4n) is 4.04. The maximum Gasteiger partial charge on any atom is 0.0601 e. The van der Waals surface area contributed by atoms with Crippen molar-refractivity contribution < 1.29 is 0 Å². The molecule has 0 N–H and O–H groups in total. The molecule has 0 saturated carbocycles. The first-order valence-electron chi connectivity index (χ1n) is 7.84. The van der Waals surface area contributed by atoms with E-state index in [1.165, 1.54) is 29.7 Å². The number of hydrogen-bond acceptors (Lipinski definition) is 2. The van der Waals surface area contributed by atoms with Crippen LogP contribution in [0.3, 0.4) is 0 Å². The zero-order chi connectivity index (χ0) is 14.3. The summed E-state index contributed by atoms with van der Waals surface area (Å²) in [6.45, 7) is 4.47. The second-order valence-electron chi connectivity index (χ2n) is 6.48. The normalized spacial score (nSPS) is 28.7. The molecule has 2 aromatic rings. The lowest BCUT2D eigenvalue weighted by molar-refractivity contribution is 0.105. The smallest absolute Gasteiger partial charge is 0.0601 e. The van der Waals surface area contributed by atoms with E-state index in [2.05, 4.69) is 71.4 Å². The van der Waals surface area contributed by atoms with Gasteiger partial charge in [-0.25, -0.2) is 0 Å². The van der Waals surface area contributed by atoms with E-state index in [1.54, 1.807) is 0 Å². The molecule has 1 saturated heterocycles. The third-order valence-corrected chi connectivity index (χ3v) is 5.29. The zero-order valence-electron chi connectivity index (χ0n) is 12.6. The highest BCUT2D eigenvalue weighted by Gasteiger charge is 2.43. The highest BCUT2D eigenvalue weighted by molar-refractivity contribution is 5.32. The van der Waals surface area contributed by atoms with Crippen LogP contribution in [0.4, 0.5) is 0 Å². The molecular formula is C19H22N2. The van der Waals surface area contributed by atoms with Gasteiger partial charge < -0.3 is 0 Å². The quantitative estimate of drug-likeness (QED) is 0.790. The number of likely N-dealkylation sites (N-methyl/N-ethyl adjacent to an activating group) is 1. The van der Waals surface area contributed by atoms with E-state index in [0.29, 0.717) is 0 Å². The van der Waals surface area contributed by atoms with E-state index in [-0.39, 0.29) is 5.54 Å². The predicted octanol–water partition coefficient (Wildman–Crippen LogP) is 3.23. The lowest BCUT2D eigenvalue weighted by Gasteiger charge is -2.41. The molecular weight excluding hydrogens is 256 g/mol. The lowest BCUT2D eigenvalue weighted by Crippen LogP contribution is -2.46. The van der Waals surface area contributed by atoms with Crippen LogP contribution < -0.4 is 0 Å². The molecule has 2 aromatic carbocycles. The summed E-state index contributed by atoms with van der Waals surface area (Å²) >= 11 is 0. The molecule has 2 nitrogen and oxygen atoms in total. The molecule has 0 spiro atoms. The molecule has 2 aliphatic heterocycles. The van der Waals surface area contributed by atoms with E-state index in [4.69, 9.17) is 0 Å². The molecule has 2 heteroatoms. The second kappa shape index (κ2) is 4.97. The van der Waals surface area contributed by atoms with Crippen molar-refractivity contribution in [2.45, 2.75) is 25.0 Å². The lowest BCUT2D eigenvalue weighted by atomic mass is 9.86. The Morgan fingerprint density at radius 1 is 0.857 bits per heavy atom. The van der Waals surface area contributed by atoms with Gasteiger partial charge in [-0.3, -0.25) is 9.80 Å². The summed E-state index contributed by atoms with van der Waals surface area (Å²) in [6, 6.07) is 20.0. The van der Waals surface area contributed by atoms with Crippen LogP contribution in [-0.4, -0.2) is 29.9 Å². The van der Waals surface area contributed by atoms with Crippen molar-refractivity contribution in [3.63, 3.8) is 0 Å². The van der Waals surface area contributed by atoms with Gasteiger partial charge >= 0.3 is 0 Å². The van der Waals surface area contributed by atoms with Crippen LogP contribution in [0.15, 0.2) is 54.6 Å². The molecule has 1 fully saturated rings. The fourth-order valence-corrected chi connectivity index (χ4v) is 4.04. The fraction of sp³-hybridized carbons (Fsp3) is 0.368. The Balaban J connectivity index is 1.78. The number of nitrogens with zero attached hydrogens (tertiary/aromatic N) is 2. The molecule has 2 bridgehead atoms. The maximum atomic E-state index is 2.61. The Hall–Kier alpha value is -1.64. The minimum Gasteiger partial charge on any atom is -0.297 e. The molecule has 0 aliphatic carbocycles. The Kier molecular flexibility index (Phi) is 3.09. The number of rotatable bonds is 1. The van der Waals surface area contributed by atoms with Crippen molar-refractivity contribution in [1.29, 1.82) is 0 Å². The van der Waals surface area contributed by atoms with Crippen LogP contribution in [-0.2, 0) is 18.6 Å². The summed E-state index contributed by atoms with van der Waals surface area (Å²) in [5, 5.41) is 0. The highest BCUT2D eigenvalue weighted by Crippen LogP contribution is 2.40. The Morgan fingerprint density at radius 3 is 2.29 bits per heavy atom. The molecule has 2 heterocycles. The van der Waals surface area contributed by atoms with Gasteiger partial charge in [0, 0.05) is 26.2 Å². The summed E-state index contributed by atoms with van der Waals surface area (Å²) in [5.41, 5.74) is 4.61. The molecule has 21 heavy (non-hydrogen) atoms. The van der Waals surface area contributed by atoms with Gasteiger partial charge in [0.05, 0.1) is 5.54 Å². The van der Waals surface area contributed by atoms with E-state index in [1.807, 2.05) is 0 Å². The van der Waals surface area contributed by atoms with Gasteiger partial charge in [0.1, 0.15) is 0 Å². The molecule has 0 radical (unpaired) electrons. The second-order valence-corrected chi connectivity index (χ2v) is 6.48. The zero-order valence-corrected chi connectivity index (χ0v) is 12.6. The first-order chi connectivity index (χ1) is 10.3. The van der Waals surface area contributed by atoms with Gasteiger partial charge in [-0.1, -0.05) is 54.6 Å². The topological polar surface area (TPSA) is 6.48 Å². The van der Waals surface area contributed by atoms with Crippen LogP contribution in [0.1, 0.15) is 23.1 Å². The van der Waals surface area contributed by atoms with E-state index in [0.717, 1.165) is 19.6 Å². The van der Waals surface area contributed by atoms with Crippen molar-refractivity contribution in [2.75, 3.05) is 20.1 Å². The molecule has 2 aliphatic rings. The van der Waals surface area contributed by atoms with E-state index < -0.39 is 0 Å². The standard InChI is InChI=1S/C19H22N2/c1-20-13-16-7-5-6-8-17(16)14-21-12-11-19(20,15-21)18-9-3-2-4-10-18/h2-10H,11-15H2,1H3/t19-/m0/s1. The maximum absolute atomic E-state index is 2.61. The SMILES string of the molecule is CN1Cc2ccccc2CN2CC[C@@]1(c1ccccc1)C2. The first kappa shape index (κ1) is 13.1. The first-order valence-corrected chi connectivity index (χ1v) is 7.84. The largest absolute Gasteiger partial charge is 0.297 e. The summed E-state index contributed by atoms with van der Waals surface area (Å²) in [6.07, 6.45) is 1.22. The van der Waals surface area contributed by atoms with Crippen LogP contribution in [0.25, 0.3) is 0 Å². The summed E-state index contributed by atoms with van der Waals surface area (Å²) in [7, 11) is 2.29. The van der Waals surface area contributed by atoms with Crippen molar-refractivity contribution in [2.24, 2.45) is 0 Å². The van der Waals surface area contributed by atoms with Crippen molar-refractivity contribution in [3.8, 4) is 0 Å². The molecule has 1 unspecified atom stereocenters.